The van der Waals surface area contributed by atoms with Gasteiger partial charge in [0.05, 0.1) is 6.54 Å². The summed E-state index contributed by atoms with van der Waals surface area (Å²) in [6.45, 7) is 4.78. The Kier molecular flexibility index (Phi) is 6.75. The highest BCUT2D eigenvalue weighted by molar-refractivity contribution is 7.80. The molecule has 2 aromatic carbocycles. The van der Waals surface area contributed by atoms with Crippen molar-refractivity contribution < 1.29 is 0 Å². The first-order valence-electron chi connectivity index (χ1n) is 8.16. The van der Waals surface area contributed by atoms with Crippen molar-refractivity contribution in [1.82, 2.24) is 5.32 Å². The molecule has 2 aromatic rings. The number of aliphatic imine (C=N–C) groups is 1. The van der Waals surface area contributed by atoms with Crippen molar-refractivity contribution in [3.63, 3.8) is 0 Å². The predicted octanol–water partition coefficient (Wildman–Crippen LogP) is 3.61. The van der Waals surface area contributed by atoms with Crippen molar-refractivity contribution in [1.29, 1.82) is 0 Å². The van der Waals surface area contributed by atoms with Gasteiger partial charge in [-0.15, -0.1) is 0 Å². The zero-order valence-electron chi connectivity index (χ0n) is 14.2. The van der Waals surface area contributed by atoms with Crippen molar-refractivity contribution in [2.75, 3.05) is 5.32 Å². The Morgan fingerprint density at radius 1 is 1.00 bits per heavy atom. The van der Waals surface area contributed by atoms with Crippen LogP contribution in [0, 0.1) is 0 Å². The molecule has 0 radical (unpaired) electrons. The van der Waals surface area contributed by atoms with E-state index >= 15 is 0 Å². The maximum Gasteiger partial charge on any atom is 0.195 e. The molecule has 0 amide bonds. The Morgan fingerprint density at radius 2 is 1.62 bits per heavy atom. The lowest BCUT2D eigenvalue weighted by Gasteiger charge is -2.16. The fourth-order valence-corrected chi connectivity index (χ4v) is 2.67. The van der Waals surface area contributed by atoms with E-state index in [-0.39, 0.29) is 0 Å². The minimum atomic E-state index is 0.309. The number of nitrogens with two attached hydrogens (primary N) is 1. The highest BCUT2D eigenvalue weighted by atomic mass is 32.1. The highest BCUT2D eigenvalue weighted by Crippen LogP contribution is 2.22. The van der Waals surface area contributed by atoms with Gasteiger partial charge in [0.1, 0.15) is 0 Å². The zero-order valence-corrected chi connectivity index (χ0v) is 15.0. The Hall–Kier alpha value is -2.40. The molecule has 4 nitrogen and oxygen atoms in total. The molecule has 2 rings (SSSR count). The zero-order chi connectivity index (χ0) is 17.4. The fraction of sp³-hybridized carbons (Fsp3) is 0.263. The van der Waals surface area contributed by atoms with E-state index in [1.165, 1.54) is 11.1 Å². The van der Waals surface area contributed by atoms with Crippen LogP contribution in [0.15, 0.2) is 53.5 Å². The van der Waals surface area contributed by atoms with Crippen LogP contribution in [0.3, 0.4) is 0 Å². The van der Waals surface area contributed by atoms with Crippen molar-refractivity contribution in [3.8, 4) is 0 Å². The largest absolute Gasteiger partial charge is 0.370 e. The summed E-state index contributed by atoms with van der Waals surface area (Å²) >= 11 is 5.38. The van der Waals surface area contributed by atoms with Crippen molar-refractivity contribution in [3.05, 3.63) is 65.2 Å². The molecule has 0 saturated heterocycles. The molecule has 0 aliphatic rings. The fourth-order valence-electron chi connectivity index (χ4n) is 2.46. The molecular weight excluding hydrogens is 316 g/mol. The molecule has 0 aromatic heterocycles. The lowest BCUT2D eigenvalue weighted by Crippen LogP contribution is -2.39. The SMILES string of the molecule is CCc1cccc(CC)c1NC(=S)NC(N)=NCc1ccccc1. The van der Waals surface area contributed by atoms with Crippen LogP contribution in [0.1, 0.15) is 30.5 Å². The number of hydrogen-bond acceptors (Lipinski definition) is 2. The van der Waals surface area contributed by atoms with Gasteiger partial charge in [-0.05, 0) is 41.7 Å². The second-order valence-electron chi connectivity index (χ2n) is 5.42. The molecule has 0 aliphatic heterocycles. The summed E-state index contributed by atoms with van der Waals surface area (Å²) in [6, 6.07) is 16.3. The average Bonchev–Trinajstić information content (AvgIpc) is 2.61. The molecule has 0 bridgehead atoms. The lowest BCUT2D eigenvalue weighted by atomic mass is 10.0. The predicted molar refractivity (Wildman–Crippen MR) is 106 cm³/mol. The van der Waals surface area contributed by atoms with Crippen molar-refractivity contribution in [2.45, 2.75) is 33.2 Å². The van der Waals surface area contributed by atoms with Gasteiger partial charge in [-0.2, -0.15) is 0 Å². The smallest absolute Gasteiger partial charge is 0.195 e. The van der Waals surface area contributed by atoms with Gasteiger partial charge in [0.15, 0.2) is 11.1 Å². The third-order valence-corrected chi connectivity index (χ3v) is 3.96. The Morgan fingerprint density at radius 3 is 2.21 bits per heavy atom. The number of hydrogen-bond donors (Lipinski definition) is 3. The molecule has 0 spiro atoms. The normalized spacial score (nSPS) is 11.2. The van der Waals surface area contributed by atoms with E-state index in [0.29, 0.717) is 17.6 Å². The maximum absolute atomic E-state index is 5.93. The summed E-state index contributed by atoms with van der Waals surface area (Å²) < 4.78 is 0. The van der Waals surface area contributed by atoms with Gasteiger partial charge in [-0.3, -0.25) is 0 Å². The van der Waals surface area contributed by atoms with E-state index in [2.05, 4.69) is 47.7 Å². The van der Waals surface area contributed by atoms with Crippen LogP contribution in [0.5, 0.6) is 0 Å². The molecule has 4 N–H and O–H groups in total. The molecule has 0 aliphatic carbocycles. The third kappa shape index (κ3) is 5.06. The second kappa shape index (κ2) is 9.03. The minimum absolute atomic E-state index is 0.309. The first-order chi connectivity index (χ1) is 11.6. The van der Waals surface area contributed by atoms with Gasteiger partial charge >= 0.3 is 0 Å². The standard InChI is InChI=1S/C19H24N4S/c1-3-15-11-8-12-16(4-2)17(15)22-19(24)23-18(20)21-13-14-9-6-5-7-10-14/h5-12H,3-4,13H2,1-2H3,(H4,20,21,22,23,24). The van der Waals surface area contributed by atoms with Gasteiger partial charge in [0.25, 0.3) is 0 Å². The van der Waals surface area contributed by atoms with Crippen LogP contribution in [0.4, 0.5) is 5.69 Å². The maximum atomic E-state index is 5.93. The number of rotatable bonds is 5. The molecule has 0 unspecified atom stereocenters. The number of guanidine groups is 1. The quantitative estimate of drug-likeness (QED) is 0.442. The molecule has 126 valence electrons. The summed E-state index contributed by atoms with van der Waals surface area (Å²) in [7, 11) is 0. The first-order valence-corrected chi connectivity index (χ1v) is 8.57. The van der Waals surface area contributed by atoms with E-state index in [4.69, 9.17) is 18.0 Å². The molecular formula is C19H24N4S. The molecule has 5 heteroatoms. The third-order valence-electron chi connectivity index (χ3n) is 3.75. The first kappa shape index (κ1) is 17.9. The van der Waals surface area contributed by atoms with E-state index < -0.39 is 0 Å². The molecule has 24 heavy (non-hydrogen) atoms. The number of aryl methyl sites for hydroxylation is 2. The van der Waals surface area contributed by atoms with Crippen LogP contribution in [-0.4, -0.2) is 11.1 Å². The number of nitrogens with one attached hydrogen (secondary N) is 2. The van der Waals surface area contributed by atoms with Crippen LogP contribution in [-0.2, 0) is 19.4 Å². The number of benzene rings is 2. The summed E-state index contributed by atoms with van der Waals surface area (Å²) in [5, 5.41) is 6.68. The van der Waals surface area contributed by atoms with Gasteiger partial charge in [0, 0.05) is 5.69 Å². The van der Waals surface area contributed by atoms with E-state index in [0.717, 1.165) is 24.1 Å². The number of para-hydroxylation sites is 1. The van der Waals surface area contributed by atoms with Crippen LogP contribution >= 0.6 is 12.2 Å². The summed E-state index contributed by atoms with van der Waals surface area (Å²) in [4.78, 5) is 4.32. The molecule has 0 heterocycles. The molecule has 0 saturated carbocycles. The van der Waals surface area contributed by atoms with Gasteiger partial charge < -0.3 is 16.4 Å². The number of thiocarbonyl (C=S) groups is 1. The Balaban J connectivity index is 2.00. The summed E-state index contributed by atoms with van der Waals surface area (Å²) in [5.41, 5.74) is 10.6. The average molecular weight is 340 g/mol. The Labute approximate surface area is 149 Å². The Bertz CT molecular complexity index is 688. The highest BCUT2D eigenvalue weighted by Gasteiger charge is 2.08. The summed E-state index contributed by atoms with van der Waals surface area (Å²) in [5.74, 6) is 0.309. The van der Waals surface area contributed by atoms with E-state index in [1.54, 1.807) is 0 Å². The minimum Gasteiger partial charge on any atom is -0.370 e. The summed E-state index contributed by atoms with van der Waals surface area (Å²) in [6.07, 6.45) is 1.88. The van der Waals surface area contributed by atoms with Gasteiger partial charge in [-0.1, -0.05) is 62.4 Å². The lowest BCUT2D eigenvalue weighted by molar-refractivity contribution is 1.04. The molecule has 0 fully saturated rings. The topological polar surface area (TPSA) is 62.4 Å². The number of nitrogens with zero attached hydrogens (tertiary/aromatic N) is 1. The van der Waals surface area contributed by atoms with Crippen molar-refractivity contribution >= 4 is 29.0 Å². The monoisotopic (exact) mass is 340 g/mol. The van der Waals surface area contributed by atoms with Crippen molar-refractivity contribution in [2.24, 2.45) is 10.7 Å². The van der Waals surface area contributed by atoms with Crippen LogP contribution in [0.25, 0.3) is 0 Å². The van der Waals surface area contributed by atoms with Gasteiger partial charge in [-0.25, -0.2) is 4.99 Å². The van der Waals surface area contributed by atoms with Gasteiger partial charge in [0.2, 0.25) is 0 Å². The van der Waals surface area contributed by atoms with E-state index in [9.17, 15) is 0 Å². The van der Waals surface area contributed by atoms with Crippen LogP contribution in [0.2, 0.25) is 0 Å². The number of anilines is 1. The second-order valence-corrected chi connectivity index (χ2v) is 5.83. The van der Waals surface area contributed by atoms with Crippen LogP contribution < -0.4 is 16.4 Å². The van der Waals surface area contributed by atoms with E-state index in [1.807, 2.05) is 30.3 Å². The molecule has 0 atom stereocenters.